The van der Waals surface area contributed by atoms with Gasteiger partial charge in [0.05, 0.1) is 16.7 Å². The van der Waals surface area contributed by atoms with Crippen LogP contribution in [0.3, 0.4) is 0 Å². The molecule has 0 saturated heterocycles. The molecule has 0 bridgehead atoms. The fourth-order valence-electron chi connectivity index (χ4n) is 3.77. The predicted molar refractivity (Wildman–Crippen MR) is 109 cm³/mol. The average Bonchev–Trinajstić information content (AvgIpc) is 3.55. The van der Waals surface area contributed by atoms with Crippen LogP contribution in [-0.2, 0) is 15.0 Å². The Morgan fingerprint density at radius 2 is 1.89 bits per heavy atom. The molecule has 0 heterocycles. The molecule has 0 aliphatic heterocycles. The van der Waals surface area contributed by atoms with Crippen LogP contribution in [0.25, 0.3) is 11.1 Å². The van der Waals surface area contributed by atoms with Crippen molar-refractivity contribution < 1.29 is 14.7 Å². The van der Waals surface area contributed by atoms with Gasteiger partial charge in [0, 0.05) is 21.5 Å². The van der Waals surface area contributed by atoms with Gasteiger partial charge in [-0.05, 0) is 59.7 Å². The highest BCUT2D eigenvalue weighted by Gasteiger charge is 2.55. The van der Waals surface area contributed by atoms with Crippen molar-refractivity contribution in [2.45, 2.75) is 38.0 Å². The van der Waals surface area contributed by atoms with Crippen LogP contribution in [0.5, 0.6) is 0 Å². The van der Waals surface area contributed by atoms with Gasteiger partial charge in [-0.1, -0.05) is 30.3 Å². The molecular formula is C22H19BrN2O3. The van der Waals surface area contributed by atoms with E-state index in [1.165, 1.54) is 0 Å². The molecule has 1 amide bonds. The Kier molecular flexibility index (Phi) is 4.51. The molecule has 2 fully saturated rings. The SMILES string of the molecule is Cc1c(C#N)c(NC(=O)C2CC2)c(C2(C(=O)O)CC2)c(Br)c1-c1ccccc1. The number of halogens is 1. The Bertz CT molecular complexity index is 1030. The summed E-state index contributed by atoms with van der Waals surface area (Å²) in [5.41, 5.74) is 2.52. The molecule has 2 aliphatic rings. The van der Waals surface area contributed by atoms with Crippen molar-refractivity contribution in [2.24, 2.45) is 5.92 Å². The van der Waals surface area contributed by atoms with Crippen LogP contribution in [0.2, 0.25) is 0 Å². The number of carbonyl (C=O) groups excluding carboxylic acids is 1. The number of carboxylic acids is 1. The first kappa shape index (κ1) is 18.7. The van der Waals surface area contributed by atoms with Gasteiger partial charge < -0.3 is 10.4 Å². The van der Waals surface area contributed by atoms with Crippen molar-refractivity contribution in [3.63, 3.8) is 0 Å². The van der Waals surface area contributed by atoms with Gasteiger partial charge in [-0.15, -0.1) is 0 Å². The molecule has 0 radical (unpaired) electrons. The van der Waals surface area contributed by atoms with Crippen molar-refractivity contribution in [1.29, 1.82) is 5.26 Å². The van der Waals surface area contributed by atoms with Gasteiger partial charge in [-0.25, -0.2) is 0 Å². The van der Waals surface area contributed by atoms with Crippen molar-refractivity contribution in [1.82, 2.24) is 0 Å². The highest BCUT2D eigenvalue weighted by molar-refractivity contribution is 9.10. The van der Waals surface area contributed by atoms with E-state index >= 15 is 0 Å². The van der Waals surface area contributed by atoms with Crippen molar-refractivity contribution in [3.8, 4) is 17.2 Å². The van der Waals surface area contributed by atoms with Crippen LogP contribution in [0.1, 0.15) is 42.4 Å². The first-order valence-corrected chi connectivity index (χ1v) is 10.1. The third-order valence-electron chi connectivity index (χ3n) is 5.70. The lowest BCUT2D eigenvalue weighted by Gasteiger charge is -2.24. The van der Waals surface area contributed by atoms with Gasteiger partial charge in [-0.2, -0.15) is 5.26 Å². The molecule has 0 unspecified atom stereocenters. The largest absolute Gasteiger partial charge is 0.481 e. The number of amides is 1. The fourth-order valence-corrected chi connectivity index (χ4v) is 4.87. The summed E-state index contributed by atoms with van der Waals surface area (Å²) in [5, 5.41) is 22.8. The Morgan fingerprint density at radius 1 is 1.25 bits per heavy atom. The second-order valence-electron chi connectivity index (χ2n) is 7.57. The van der Waals surface area contributed by atoms with E-state index in [4.69, 9.17) is 0 Å². The van der Waals surface area contributed by atoms with E-state index in [9.17, 15) is 20.0 Å². The number of hydrogen-bond donors (Lipinski definition) is 2. The van der Waals surface area contributed by atoms with E-state index in [1.54, 1.807) is 0 Å². The van der Waals surface area contributed by atoms with Crippen LogP contribution in [0.15, 0.2) is 34.8 Å². The quantitative estimate of drug-likeness (QED) is 0.703. The molecule has 0 aromatic heterocycles. The van der Waals surface area contributed by atoms with Crippen molar-refractivity contribution in [2.75, 3.05) is 5.32 Å². The van der Waals surface area contributed by atoms with Crippen molar-refractivity contribution >= 4 is 33.5 Å². The second-order valence-corrected chi connectivity index (χ2v) is 8.36. The highest BCUT2D eigenvalue weighted by atomic mass is 79.9. The maximum atomic E-state index is 12.5. The van der Waals surface area contributed by atoms with E-state index in [0.29, 0.717) is 34.1 Å². The smallest absolute Gasteiger partial charge is 0.314 e. The zero-order valence-electron chi connectivity index (χ0n) is 15.4. The lowest BCUT2D eigenvalue weighted by Crippen LogP contribution is -2.25. The van der Waals surface area contributed by atoms with Crippen LogP contribution < -0.4 is 5.32 Å². The molecule has 142 valence electrons. The summed E-state index contributed by atoms with van der Waals surface area (Å²) in [7, 11) is 0. The number of carboxylic acid groups (broad SMARTS) is 1. The monoisotopic (exact) mass is 438 g/mol. The number of nitriles is 1. The molecule has 6 heteroatoms. The summed E-state index contributed by atoms with van der Waals surface area (Å²) in [5.74, 6) is -1.12. The minimum absolute atomic E-state index is 0.0488. The van der Waals surface area contributed by atoms with Gasteiger partial charge in [0.15, 0.2) is 0 Å². The topological polar surface area (TPSA) is 90.2 Å². The Balaban J connectivity index is 2.01. The average molecular weight is 439 g/mol. The van der Waals surface area contributed by atoms with Crippen LogP contribution in [0, 0.1) is 24.2 Å². The summed E-state index contributed by atoms with van der Waals surface area (Å²) in [6, 6.07) is 11.8. The van der Waals surface area contributed by atoms with E-state index in [-0.39, 0.29) is 11.8 Å². The first-order valence-electron chi connectivity index (χ1n) is 9.27. The second kappa shape index (κ2) is 6.75. The van der Waals surface area contributed by atoms with Gasteiger partial charge in [0.1, 0.15) is 6.07 Å². The number of nitrogens with one attached hydrogen (secondary N) is 1. The normalized spacial score (nSPS) is 16.9. The van der Waals surface area contributed by atoms with Crippen LogP contribution >= 0.6 is 15.9 Å². The van der Waals surface area contributed by atoms with Gasteiger partial charge in [0.25, 0.3) is 0 Å². The molecule has 5 nitrogen and oxygen atoms in total. The zero-order chi connectivity index (χ0) is 20.1. The van der Waals surface area contributed by atoms with E-state index in [2.05, 4.69) is 27.3 Å². The molecule has 2 aliphatic carbocycles. The maximum Gasteiger partial charge on any atom is 0.314 e. The molecule has 0 spiro atoms. The number of rotatable bonds is 5. The fraction of sp³-hybridized carbons (Fsp3) is 0.318. The van der Waals surface area contributed by atoms with Gasteiger partial charge in [0.2, 0.25) is 5.91 Å². The summed E-state index contributed by atoms with van der Waals surface area (Å²) in [6.45, 7) is 1.84. The molecule has 0 atom stereocenters. The molecule has 2 aromatic rings. The first-order chi connectivity index (χ1) is 13.4. The Labute approximate surface area is 171 Å². The Morgan fingerprint density at radius 3 is 2.39 bits per heavy atom. The summed E-state index contributed by atoms with van der Waals surface area (Å²) in [4.78, 5) is 24.6. The number of hydrogen-bond acceptors (Lipinski definition) is 3. The van der Waals surface area contributed by atoms with Gasteiger partial charge in [-0.3, -0.25) is 9.59 Å². The predicted octanol–water partition coefficient (Wildman–Crippen LogP) is 4.76. The Hall–Kier alpha value is -2.65. The third-order valence-corrected chi connectivity index (χ3v) is 6.49. The zero-order valence-corrected chi connectivity index (χ0v) is 17.0. The highest BCUT2D eigenvalue weighted by Crippen LogP contribution is 2.56. The molecular weight excluding hydrogens is 420 g/mol. The standard InChI is InChI=1S/C22H19BrN2O3/c1-12-15(11-24)19(25-20(26)14-7-8-14)17(22(9-10-22)21(27)28)18(23)16(12)13-5-3-2-4-6-13/h2-6,14H,7-10H2,1H3,(H,25,26)(H,27,28). The van der Waals surface area contributed by atoms with Crippen LogP contribution in [0.4, 0.5) is 5.69 Å². The number of anilines is 1. The van der Waals surface area contributed by atoms with Crippen molar-refractivity contribution in [3.05, 3.63) is 51.5 Å². The molecule has 28 heavy (non-hydrogen) atoms. The van der Waals surface area contributed by atoms with E-state index in [1.807, 2.05) is 37.3 Å². The maximum absolute atomic E-state index is 12.5. The lowest BCUT2D eigenvalue weighted by atomic mass is 9.85. The number of benzene rings is 2. The third kappa shape index (κ3) is 2.91. The van der Waals surface area contributed by atoms with Crippen LogP contribution in [-0.4, -0.2) is 17.0 Å². The van der Waals surface area contributed by atoms with E-state index < -0.39 is 11.4 Å². The lowest BCUT2D eigenvalue weighted by molar-refractivity contribution is -0.140. The van der Waals surface area contributed by atoms with Gasteiger partial charge >= 0.3 is 5.97 Å². The molecule has 2 N–H and O–H groups in total. The number of aliphatic carboxylic acids is 1. The summed E-state index contributed by atoms with van der Waals surface area (Å²) < 4.78 is 0.640. The number of nitrogens with zero attached hydrogens (tertiary/aromatic N) is 1. The minimum Gasteiger partial charge on any atom is -0.481 e. The molecule has 4 rings (SSSR count). The number of carbonyl (C=O) groups is 2. The molecule has 2 aromatic carbocycles. The summed E-state index contributed by atoms with van der Waals surface area (Å²) >= 11 is 3.65. The minimum atomic E-state index is -1.08. The molecule has 2 saturated carbocycles. The summed E-state index contributed by atoms with van der Waals surface area (Å²) in [6.07, 6.45) is 2.62. The van der Waals surface area contributed by atoms with E-state index in [0.717, 1.165) is 29.5 Å².